The van der Waals surface area contributed by atoms with Gasteiger partial charge in [-0.25, -0.2) is 4.98 Å². The van der Waals surface area contributed by atoms with Crippen molar-refractivity contribution in [2.24, 2.45) is 5.92 Å². The molecule has 0 aliphatic carbocycles. The Kier molecular flexibility index (Phi) is 6.18. The number of nitrogens with zero attached hydrogens (tertiary/aromatic N) is 4. The van der Waals surface area contributed by atoms with Gasteiger partial charge in [0.15, 0.2) is 4.96 Å². The van der Waals surface area contributed by atoms with Gasteiger partial charge in [0.05, 0.1) is 35.8 Å². The van der Waals surface area contributed by atoms with E-state index in [2.05, 4.69) is 33.6 Å². The fourth-order valence-corrected chi connectivity index (χ4v) is 5.64. The van der Waals surface area contributed by atoms with Crippen LogP contribution in [0.2, 0.25) is 0 Å². The predicted octanol–water partition coefficient (Wildman–Crippen LogP) is 4.53. The molecule has 0 bridgehead atoms. The predicted molar refractivity (Wildman–Crippen MR) is 136 cm³/mol. The second-order valence-electron chi connectivity index (χ2n) is 8.95. The van der Waals surface area contributed by atoms with E-state index in [-0.39, 0.29) is 11.8 Å². The van der Waals surface area contributed by atoms with Gasteiger partial charge in [-0.1, -0.05) is 25.2 Å². The van der Waals surface area contributed by atoms with Gasteiger partial charge in [-0.3, -0.25) is 14.1 Å². The van der Waals surface area contributed by atoms with Crippen molar-refractivity contribution in [3.8, 4) is 22.8 Å². The Bertz CT molecular complexity index is 1320. The molecule has 178 valence electrons. The van der Waals surface area contributed by atoms with Gasteiger partial charge in [-0.2, -0.15) is 0 Å². The average molecular weight is 479 g/mol. The molecule has 1 saturated heterocycles. The number of carbonyl (C=O) groups is 1. The summed E-state index contributed by atoms with van der Waals surface area (Å²) in [5.74, 6) is 1.95. The lowest BCUT2D eigenvalue weighted by molar-refractivity contribution is -0.136. The molecule has 3 heterocycles. The molecule has 8 heteroatoms. The summed E-state index contributed by atoms with van der Waals surface area (Å²) in [5, 5.41) is 0. The van der Waals surface area contributed by atoms with Gasteiger partial charge in [-0.15, -0.1) is 0 Å². The molecular formula is C26H30N4O3S. The van der Waals surface area contributed by atoms with Crippen LogP contribution in [0, 0.1) is 5.92 Å². The summed E-state index contributed by atoms with van der Waals surface area (Å²) in [7, 11) is 3.37. The number of hydrogen-bond donors (Lipinski definition) is 0. The highest BCUT2D eigenvalue weighted by Gasteiger charge is 2.26. The van der Waals surface area contributed by atoms with Crippen LogP contribution in [0.15, 0.2) is 42.5 Å². The third-order valence-electron chi connectivity index (χ3n) is 6.47. The van der Waals surface area contributed by atoms with E-state index in [1.807, 2.05) is 36.9 Å². The number of carbonyl (C=O) groups excluding carboxylic acids is 1. The first kappa shape index (κ1) is 22.7. The molecule has 1 fully saturated rings. The number of fused-ring (bicyclic) bond motifs is 3. The van der Waals surface area contributed by atoms with Gasteiger partial charge in [-0.05, 0) is 42.5 Å². The highest BCUT2D eigenvalue weighted by Crippen LogP contribution is 2.35. The van der Waals surface area contributed by atoms with E-state index in [4.69, 9.17) is 14.5 Å². The topological polar surface area (TPSA) is 59.3 Å². The Morgan fingerprint density at radius 3 is 2.32 bits per heavy atom. The Morgan fingerprint density at radius 2 is 1.68 bits per heavy atom. The minimum Gasteiger partial charge on any atom is -0.497 e. The van der Waals surface area contributed by atoms with Crippen LogP contribution >= 0.6 is 11.3 Å². The maximum atomic E-state index is 12.4. The lowest BCUT2D eigenvalue weighted by Gasteiger charge is -2.35. The molecule has 0 unspecified atom stereocenters. The first-order chi connectivity index (χ1) is 16.5. The van der Waals surface area contributed by atoms with Crippen molar-refractivity contribution in [3.63, 3.8) is 0 Å². The first-order valence-corrected chi connectivity index (χ1v) is 12.4. The van der Waals surface area contributed by atoms with Gasteiger partial charge in [0.1, 0.15) is 11.5 Å². The van der Waals surface area contributed by atoms with Crippen molar-refractivity contribution in [1.29, 1.82) is 0 Å². The number of imidazole rings is 1. The molecule has 0 radical (unpaired) electrons. The van der Waals surface area contributed by atoms with Crippen LogP contribution in [-0.2, 0) is 11.3 Å². The molecule has 0 atom stereocenters. The molecule has 5 rings (SSSR count). The van der Waals surface area contributed by atoms with Crippen LogP contribution in [0.1, 0.15) is 19.5 Å². The van der Waals surface area contributed by atoms with Crippen molar-refractivity contribution in [3.05, 3.63) is 48.2 Å². The zero-order valence-electron chi connectivity index (χ0n) is 20.1. The Hall–Kier alpha value is -3.10. The molecule has 1 amide bonds. The summed E-state index contributed by atoms with van der Waals surface area (Å²) in [4.78, 5) is 22.9. The van der Waals surface area contributed by atoms with E-state index in [0.717, 1.165) is 70.7 Å². The summed E-state index contributed by atoms with van der Waals surface area (Å²) < 4.78 is 14.2. The smallest absolute Gasteiger partial charge is 0.225 e. The minimum atomic E-state index is 0.0387. The van der Waals surface area contributed by atoms with Crippen molar-refractivity contribution in [1.82, 2.24) is 19.2 Å². The van der Waals surface area contributed by atoms with Crippen LogP contribution < -0.4 is 9.47 Å². The second kappa shape index (κ2) is 9.27. The highest BCUT2D eigenvalue weighted by atomic mass is 32.1. The molecule has 2 aromatic heterocycles. The summed E-state index contributed by atoms with van der Waals surface area (Å²) in [6.07, 6.45) is 0. The van der Waals surface area contributed by atoms with E-state index < -0.39 is 0 Å². The third-order valence-corrected chi connectivity index (χ3v) is 7.47. The van der Waals surface area contributed by atoms with Crippen LogP contribution in [0.4, 0.5) is 0 Å². The second-order valence-corrected chi connectivity index (χ2v) is 9.95. The molecule has 0 N–H and O–H groups in total. The fraction of sp³-hybridized carbons (Fsp3) is 0.385. The minimum absolute atomic E-state index is 0.0387. The zero-order valence-corrected chi connectivity index (χ0v) is 20.9. The van der Waals surface area contributed by atoms with Crippen molar-refractivity contribution in [2.75, 3.05) is 40.4 Å². The lowest BCUT2D eigenvalue weighted by Crippen LogP contribution is -2.49. The van der Waals surface area contributed by atoms with E-state index in [9.17, 15) is 4.79 Å². The van der Waals surface area contributed by atoms with Gasteiger partial charge < -0.3 is 14.4 Å². The number of aromatic nitrogens is 2. The molecule has 4 aromatic rings. The van der Waals surface area contributed by atoms with E-state index in [0.29, 0.717) is 0 Å². The van der Waals surface area contributed by atoms with Crippen molar-refractivity contribution in [2.45, 2.75) is 20.4 Å². The molecule has 1 aliphatic heterocycles. The number of amides is 1. The molecule has 0 saturated carbocycles. The number of methoxy groups -OCH3 is 2. The fourth-order valence-electron chi connectivity index (χ4n) is 4.56. The van der Waals surface area contributed by atoms with Crippen molar-refractivity contribution >= 4 is 32.4 Å². The maximum Gasteiger partial charge on any atom is 0.225 e. The largest absolute Gasteiger partial charge is 0.497 e. The summed E-state index contributed by atoms with van der Waals surface area (Å²) in [6, 6.07) is 14.3. The van der Waals surface area contributed by atoms with Crippen LogP contribution in [0.25, 0.3) is 26.4 Å². The molecular weight excluding hydrogens is 448 g/mol. The van der Waals surface area contributed by atoms with Crippen molar-refractivity contribution < 1.29 is 14.3 Å². The summed E-state index contributed by atoms with van der Waals surface area (Å²) >= 11 is 1.67. The Balaban J connectivity index is 1.52. The van der Waals surface area contributed by atoms with E-state index in [1.54, 1.807) is 25.6 Å². The normalized spacial score (nSPS) is 14.9. The van der Waals surface area contributed by atoms with Crippen LogP contribution in [0.3, 0.4) is 0 Å². The first-order valence-electron chi connectivity index (χ1n) is 11.6. The van der Waals surface area contributed by atoms with Gasteiger partial charge in [0.25, 0.3) is 0 Å². The van der Waals surface area contributed by atoms with Crippen LogP contribution in [0.5, 0.6) is 11.5 Å². The Morgan fingerprint density at radius 1 is 1.00 bits per heavy atom. The van der Waals surface area contributed by atoms with Crippen LogP contribution in [-0.4, -0.2) is 65.5 Å². The highest BCUT2D eigenvalue weighted by molar-refractivity contribution is 7.23. The standard InChI is InChI=1S/C26H30N4O3S/c1-17(2)25(31)29-13-11-28(12-14-29)16-22-24(18-5-7-19(32-3)8-6-18)27-26-30(22)21-10-9-20(33-4)15-23(21)34-26/h5-10,15,17H,11-14,16H2,1-4H3. The zero-order chi connectivity index (χ0) is 23.8. The number of piperazine rings is 1. The quantitative estimate of drug-likeness (QED) is 0.407. The average Bonchev–Trinajstić information content (AvgIpc) is 3.39. The maximum absolute atomic E-state index is 12.4. The molecule has 34 heavy (non-hydrogen) atoms. The van der Waals surface area contributed by atoms with E-state index >= 15 is 0 Å². The number of rotatable bonds is 6. The number of benzene rings is 2. The number of hydrogen-bond acceptors (Lipinski definition) is 6. The summed E-state index contributed by atoms with van der Waals surface area (Å²) in [5.41, 5.74) is 4.37. The molecule has 7 nitrogen and oxygen atoms in total. The molecule has 0 spiro atoms. The summed E-state index contributed by atoms with van der Waals surface area (Å²) in [6.45, 7) is 7.93. The Labute approximate surface area is 203 Å². The number of thiazole rings is 1. The monoisotopic (exact) mass is 478 g/mol. The van der Waals surface area contributed by atoms with Gasteiger partial charge in [0.2, 0.25) is 5.91 Å². The van der Waals surface area contributed by atoms with Gasteiger partial charge >= 0.3 is 0 Å². The SMILES string of the molecule is COc1ccc(-c2nc3sc4cc(OC)ccc4n3c2CN2CCN(C(=O)C(C)C)CC2)cc1. The van der Waals surface area contributed by atoms with E-state index in [1.165, 1.54) is 5.69 Å². The lowest BCUT2D eigenvalue weighted by atomic mass is 10.1. The van der Waals surface area contributed by atoms with Gasteiger partial charge in [0, 0.05) is 44.2 Å². The number of ether oxygens (including phenoxy) is 2. The molecule has 1 aliphatic rings. The third kappa shape index (κ3) is 4.12. The molecule has 2 aromatic carbocycles.